The van der Waals surface area contributed by atoms with Crippen molar-refractivity contribution in [3.8, 4) is 5.75 Å². The topological polar surface area (TPSA) is 47.6 Å². The van der Waals surface area contributed by atoms with E-state index in [1.54, 1.807) is 7.11 Å². The standard InChI is InChI=1S/C16H23NO3/c1-16(2,3)20-15(18)13-9-10-17-14(13)11-5-7-12(19-4)8-6-11/h5-8,13-14,17H,9-10H2,1-4H3/t13-,14-/m1/s1. The monoisotopic (exact) mass is 277 g/mol. The smallest absolute Gasteiger partial charge is 0.311 e. The average Bonchev–Trinajstić information content (AvgIpc) is 2.86. The predicted octanol–water partition coefficient (Wildman–Crippen LogP) is 2.69. The lowest BCUT2D eigenvalue weighted by molar-refractivity contribution is -0.160. The third-order valence-electron chi connectivity index (χ3n) is 3.41. The number of hydrogen-bond acceptors (Lipinski definition) is 4. The van der Waals surface area contributed by atoms with Crippen LogP contribution in [0.15, 0.2) is 24.3 Å². The highest BCUT2D eigenvalue weighted by Gasteiger charge is 2.36. The minimum absolute atomic E-state index is 0.0238. The number of benzene rings is 1. The maximum absolute atomic E-state index is 12.3. The van der Waals surface area contributed by atoms with Gasteiger partial charge in [-0.05, 0) is 51.4 Å². The van der Waals surface area contributed by atoms with Gasteiger partial charge in [-0.2, -0.15) is 0 Å². The molecule has 4 nitrogen and oxygen atoms in total. The summed E-state index contributed by atoms with van der Waals surface area (Å²) < 4.78 is 10.7. The summed E-state index contributed by atoms with van der Waals surface area (Å²) in [6.07, 6.45) is 0.811. The molecule has 20 heavy (non-hydrogen) atoms. The number of hydrogen-bond donors (Lipinski definition) is 1. The highest BCUT2D eigenvalue weighted by molar-refractivity contribution is 5.74. The first-order valence-electron chi connectivity index (χ1n) is 7.01. The highest BCUT2D eigenvalue weighted by Crippen LogP contribution is 2.32. The van der Waals surface area contributed by atoms with E-state index in [0.717, 1.165) is 24.3 Å². The Morgan fingerprint density at radius 3 is 2.45 bits per heavy atom. The van der Waals surface area contributed by atoms with E-state index in [0.29, 0.717) is 0 Å². The van der Waals surface area contributed by atoms with Crippen LogP contribution >= 0.6 is 0 Å². The lowest BCUT2D eigenvalue weighted by atomic mass is 9.94. The fraction of sp³-hybridized carbons (Fsp3) is 0.562. The number of carbonyl (C=O) groups is 1. The predicted molar refractivity (Wildman–Crippen MR) is 77.7 cm³/mol. The Morgan fingerprint density at radius 1 is 1.25 bits per heavy atom. The largest absolute Gasteiger partial charge is 0.497 e. The Labute approximate surface area is 120 Å². The van der Waals surface area contributed by atoms with Crippen LogP contribution in [-0.2, 0) is 9.53 Å². The molecular formula is C16H23NO3. The number of ether oxygens (including phenoxy) is 2. The van der Waals surface area contributed by atoms with Gasteiger partial charge in [0.25, 0.3) is 0 Å². The summed E-state index contributed by atoms with van der Waals surface area (Å²) in [6.45, 7) is 6.53. The van der Waals surface area contributed by atoms with Gasteiger partial charge in [-0.3, -0.25) is 4.79 Å². The van der Waals surface area contributed by atoms with E-state index in [1.807, 2.05) is 45.0 Å². The van der Waals surface area contributed by atoms with E-state index in [1.165, 1.54) is 0 Å². The Balaban J connectivity index is 2.12. The van der Waals surface area contributed by atoms with Gasteiger partial charge in [-0.15, -0.1) is 0 Å². The molecule has 1 aliphatic heterocycles. The SMILES string of the molecule is COc1ccc([C@H]2NCC[C@H]2C(=O)OC(C)(C)C)cc1. The minimum Gasteiger partial charge on any atom is -0.497 e. The van der Waals surface area contributed by atoms with Gasteiger partial charge in [0.1, 0.15) is 11.4 Å². The second-order valence-electron chi connectivity index (χ2n) is 6.13. The highest BCUT2D eigenvalue weighted by atomic mass is 16.6. The molecule has 0 amide bonds. The van der Waals surface area contributed by atoms with Crippen molar-refractivity contribution in [3.63, 3.8) is 0 Å². The first-order chi connectivity index (χ1) is 9.40. The second-order valence-corrected chi connectivity index (χ2v) is 6.13. The maximum Gasteiger partial charge on any atom is 0.311 e. The molecule has 0 unspecified atom stereocenters. The summed E-state index contributed by atoms with van der Waals surface area (Å²) in [6, 6.07) is 7.86. The van der Waals surface area contributed by atoms with Crippen molar-refractivity contribution in [2.75, 3.05) is 13.7 Å². The zero-order chi connectivity index (χ0) is 14.8. The molecule has 1 fully saturated rings. The van der Waals surface area contributed by atoms with Crippen molar-refractivity contribution in [2.45, 2.75) is 38.8 Å². The fourth-order valence-electron chi connectivity index (χ4n) is 2.50. The second kappa shape index (κ2) is 5.83. The third-order valence-corrected chi connectivity index (χ3v) is 3.41. The summed E-state index contributed by atoms with van der Waals surface area (Å²) >= 11 is 0. The molecule has 1 saturated heterocycles. The number of nitrogens with one attached hydrogen (secondary N) is 1. The lowest BCUT2D eigenvalue weighted by Crippen LogP contribution is -2.31. The van der Waals surface area contributed by atoms with Gasteiger partial charge in [0.2, 0.25) is 0 Å². The van der Waals surface area contributed by atoms with Crippen molar-refractivity contribution >= 4 is 5.97 Å². The molecule has 0 saturated carbocycles. The lowest BCUT2D eigenvalue weighted by Gasteiger charge is -2.25. The molecule has 110 valence electrons. The normalized spacial score (nSPS) is 22.6. The van der Waals surface area contributed by atoms with Crippen LogP contribution in [0.25, 0.3) is 0 Å². The first-order valence-corrected chi connectivity index (χ1v) is 7.01. The first kappa shape index (κ1) is 14.9. The molecule has 1 heterocycles. The molecule has 1 aliphatic rings. The zero-order valence-corrected chi connectivity index (χ0v) is 12.6. The molecule has 1 aromatic carbocycles. The summed E-state index contributed by atoms with van der Waals surface area (Å²) in [5, 5.41) is 3.39. The molecule has 0 aliphatic carbocycles. The Bertz CT molecular complexity index is 462. The van der Waals surface area contributed by atoms with Gasteiger partial charge in [-0.1, -0.05) is 12.1 Å². The van der Waals surface area contributed by atoms with E-state index in [9.17, 15) is 4.79 Å². The third kappa shape index (κ3) is 3.51. The van der Waals surface area contributed by atoms with E-state index in [-0.39, 0.29) is 17.9 Å². The Kier molecular flexibility index (Phi) is 4.33. The number of methoxy groups -OCH3 is 1. The van der Waals surface area contributed by atoms with Crippen LogP contribution in [0, 0.1) is 5.92 Å². The van der Waals surface area contributed by atoms with E-state index in [4.69, 9.17) is 9.47 Å². The summed E-state index contributed by atoms with van der Waals surface area (Å²) in [7, 11) is 1.65. The van der Waals surface area contributed by atoms with Crippen LogP contribution in [0.2, 0.25) is 0 Å². The summed E-state index contributed by atoms with van der Waals surface area (Å²) in [5.74, 6) is 0.575. The molecule has 1 aromatic rings. The molecule has 0 aromatic heterocycles. The number of carbonyl (C=O) groups excluding carboxylic acids is 1. The molecule has 4 heteroatoms. The van der Waals surface area contributed by atoms with Gasteiger partial charge < -0.3 is 14.8 Å². The van der Waals surface area contributed by atoms with Crippen LogP contribution < -0.4 is 10.1 Å². The van der Waals surface area contributed by atoms with Gasteiger partial charge >= 0.3 is 5.97 Å². The minimum atomic E-state index is -0.440. The van der Waals surface area contributed by atoms with E-state index >= 15 is 0 Å². The molecule has 2 atom stereocenters. The van der Waals surface area contributed by atoms with Crippen LogP contribution in [-0.4, -0.2) is 25.2 Å². The van der Waals surface area contributed by atoms with E-state index < -0.39 is 5.60 Å². The van der Waals surface area contributed by atoms with Crippen LogP contribution in [0.3, 0.4) is 0 Å². The summed E-state index contributed by atoms with van der Waals surface area (Å²) in [4.78, 5) is 12.3. The maximum atomic E-state index is 12.3. The zero-order valence-electron chi connectivity index (χ0n) is 12.6. The van der Waals surface area contributed by atoms with Gasteiger partial charge in [0.15, 0.2) is 0 Å². The number of rotatable bonds is 3. The quantitative estimate of drug-likeness (QED) is 0.863. The average molecular weight is 277 g/mol. The van der Waals surface area contributed by atoms with Crippen LogP contribution in [0.4, 0.5) is 0 Å². The van der Waals surface area contributed by atoms with Crippen LogP contribution in [0.1, 0.15) is 38.8 Å². The van der Waals surface area contributed by atoms with E-state index in [2.05, 4.69) is 5.32 Å². The molecular weight excluding hydrogens is 254 g/mol. The number of esters is 1. The molecule has 0 bridgehead atoms. The fourth-order valence-corrected chi connectivity index (χ4v) is 2.50. The van der Waals surface area contributed by atoms with Crippen molar-refractivity contribution in [1.29, 1.82) is 0 Å². The summed E-state index contributed by atoms with van der Waals surface area (Å²) in [5.41, 5.74) is 0.656. The van der Waals surface area contributed by atoms with Gasteiger partial charge in [-0.25, -0.2) is 0 Å². The van der Waals surface area contributed by atoms with Crippen molar-refractivity contribution < 1.29 is 14.3 Å². The van der Waals surface area contributed by atoms with Crippen molar-refractivity contribution in [3.05, 3.63) is 29.8 Å². The Hall–Kier alpha value is -1.55. The molecule has 0 spiro atoms. The molecule has 1 N–H and O–H groups in total. The van der Waals surface area contributed by atoms with Gasteiger partial charge in [0, 0.05) is 6.04 Å². The van der Waals surface area contributed by atoms with Gasteiger partial charge in [0.05, 0.1) is 13.0 Å². The van der Waals surface area contributed by atoms with Crippen LogP contribution in [0.5, 0.6) is 5.75 Å². The molecule has 0 radical (unpaired) electrons. The Morgan fingerprint density at radius 2 is 1.90 bits per heavy atom. The van der Waals surface area contributed by atoms with Crippen molar-refractivity contribution in [2.24, 2.45) is 5.92 Å². The van der Waals surface area contributed by atoms with Crippen molar-refractivity contribution in [1.82, 2.24) is 5.32 Å². The molecule has 2 rings (SSSR count).